The summed E-state index contributed by atoms with van der Waals surface area (Å²) in [6, 6.07) is 35.7. The van der Waals surface area contributed by atoms with Crippen molar-refractivity contribution < 1.29 is 31.7 Å². The van der Waals surface area contributed by atoms with E-state index in [-0.39, 0.29) is 64.9 Å². The van der Waals surface area contributed by atoms with Gasteiger partial charge in [0, 0.05) is 23.5 Å². The average molecular weight is 891 g/mol. The summed E-state index contributed by atoms with van der Waals surface area (Å²) in [7, 11) is -6.08. The van der Waals surface area contributed by atoms with E-state index in [9.17, 15) is 14.0 Å². The number of aromatic nitrogens is 1. The fourth-order valence-electron chi connectivity index (χ4n) is 9.32. The highest BCUT2D eigenvalue weighted by Crippen LogP contribution is 2.48. The van der Waals surface area contributed by atoms with E-state index >= 15 is 0 Å². The summed E-state index contributed by atoms with van der Waals surface area (Å²) >= 11 is 0. The Balaban J connectivity index is 1.48. The van der Waals surface area contributed by atoms with Crippen molar-refractivity contribution in [3.05, 3.63) is 138 Å². The smallest absolute Gasteiger partial charge is 0.334 e. The molecular formula is C52H67FN2O6Si2. The van der Waals surface area contributed by atoms with Crippen molar-refractivity contribution in [2.75, 3.05) is 5.32 Å². The molecule has 0 saturated carbocycles. The van der Waals surface area contributed by atoms with Crippen LogP contribution in [0.2, 0.25) is 22.2 Å². The van der Waals surface area contributed by atoms with Crippen LogP contribution >= 0.6 is 0 Å². The molecule has 1 aliphatic rings. The van der Waals surface area contributed by atoms with Crippen molar-refractivity contribution in [3.8, 4) is 22.4 Å². The molecule has 1 aliphatic heterocycles. The topological polar surface area (TPSA) is 88.0 Å². The van der Waals surface area contributed by atoms with Crippen molar-refractivity contribution in [3.63, 3.8) is 0 Å². The molecule has 1 amide bonds. The molecule has 1 fully saturated rings. The molecule has 336 valence electrons. The first kappa shape index (κ1) is 47.8. The summed E-state index contributed by atoms with van der Waals surface area (Å²) in [5, 5.41) is 3.19. The van der Waals surface area contributed by atoms with Gasteiger partial charge >= 0.3 is 23.1 Å². The highest BCUT2D eigenvalue weighted by Gasteiger charge is 2.59. The van der Waals surface area contributed by atoms with Crippen LogP contribution in [0.5, 0.6) is 0 Å². The van der Waals surface area contributed by atoms with Gasteiger partial charge in [0.25, 0.3) is 5.91 Å². The summed E-state index contributed by atoms with van der Waals surface area (Å²) in [5.41, 5.74) is 6.70. The molecule has 1 N–H and O–H groups in total. The standard InChI is InChI=1S/C52H67FN2O6Si2/c1-35(2)50-49(52(57)54-44-24-18-13-19-25-44)48(41-22-16-12-17-23-41)51(42-26-28-43(53)29-27-42)55(50)31-30-45-32-46(33-47(56)58-34-40-20-14-11-15-21-40)60-63(38(7)8,39(9)10)61-62(59-45,36(3)4)37(5)6/h11-29,35-39,45-46H,30-34H2,1-10H3,(H,54,57). The highest BCUT2D eigenvalue weighted by atomic mass is 28.5. The Morgan fingerprint density at radius 1 is 0.698 bits per heavy atom. The summed E-state index contributed by atoms with van der Waals surface area (Å²) in [6.45, 7) is 22.4. The first-order valence-electron chi connectivity index (χ1n) is 22.8. The molecule has 5 aromatic rings. The molecular weight excluding hydrogens is 824 g/mol. The van der Waals surface area contributed by atoms with Crippen molar-refractivity contribution in [2.24, 2.45) is 0 Å². The third-order valence-corrected chi connectivity index (χ3v) is 22.8. The molecule has 8 nitrogen and oxygen atoms in total. The molecule has 11 heteroatoms. The number of carbonyl (C=O) groups is 2. The number of nitrogens with zero attached hydrogens (tertiary/aromatic N) is 1. The molecule has 0 spiro atoms. The van der Waals surface area contributed by atoms with Crippen LogP contribution in [-0.4, -0.2) is 45.8 Å². The maximum atomic E-state index is 14.8. The molecule has 63 heavy (non-hydrogen) atoms. The van der Waals surface area contributed by atoms with Gasteiger partial charge in [-0.3, -0.25) is 9.59 Å². The second kappa shape index (κ2) is 20.9. The Morgan fingerprint density at radius 2 is 1.22 bits per heavy atom. The van der Waals surface area contributed by atoms with Crippen LogP contribution in [0.1, 0.15) is 116 Å². The third-order valence-electron chi connectivity index (χ3n) is 12.4. The minimum Gasteiger partial charge on any atom is -0.461 e. The Kier molecular flexibility index (Phi) is 15.9. The maximum absolute atomic E-state index is 14.8. The van der Waals surface area contributed by atoms with E-state index in [1.165, 1.54) is 12.1 Å². The van der Waals surface area contributed by atoms with Gasteiger partial charge in [-0.15, -0.1) is 0 Å². The molecule has 1 saturated heterocycles. The summed E-state index contributed by atoms with van der Waals surface area (Å²) in [5.74, 6) is -0.980. The molecule has 2 atom stereocenters. The average Bonchev–Trinajstić information content (AvgIpc) is 3.60. The minimum atomic E-state index is -3.04. The van der Waals surface area contributed by atoms with Gasteiger partial charge in [0.2, 0.25) is 0 Å². The molecule has 0 bridgehead atoms. The lowest BCUT2D eigenvalue weighted by molar-refractivity contribution is -0.147. The number of hydrogen-bond acceptors (Lipinski definition) is 6. The monoisotopic (exact) mass is 890 g/mol. The molecule has 0 radical (unpaired) electrons. The van der Waals surface area contributed by atoms with Gasteiger partial charge in [-0.05, 0) is 94.0 Å². The van der Waals surface area contributed by atoms with E-state index in [1.54, 1.807) is 12.1 Å². The van der Waals surface area contributed by atoms with Crippen LogP contribution in [-0.2, 0) is 35.7 Å². The van der Waals surface area contributed by atoms with Crippen molar-refractivity contribution in [1.82, 2.24) is 4.57 Å². The summed E-state index contributed by atoms with van der Waals surface area (Å²) in [6.07, 6.45) is 0.170. The second-order valence-electron chi connectivity index (χ2n) is 18.5. The number of para-hydroxylation sites is 1. The molecule has 0 aliphatic carbocycles. The van der Waals surface area contributed by atoms with Gasteiger partial charge in [0.05, 0.1) is 29.9 Å². The van der Waals surface area contributed by atoms with Crippen LogP contribution < -0.4 is 5.32 Å². The van der Waals surface area contributed by atoms with Gasteiger partial charge in [-0.25, -0.2) is 4.39 Å². The predicted octanol–water partition coefficient (Wildman–Crippen LogP) is 13.6. The summed E-state index contributed by atoms with van der Waals surface area (Å²) < 4.78 is 45.4. The molecule has 2 heterocycles. The number of nitrogens with one attached hydrogen (secondary N) is 1. The predicted molar refractivity (Wildman–Crippen MR) is 257 cm³/mol. The third kappa shape index (κ3) is 10.8. The Hall–Kier alpha value is -4.66. The number of hydrogen-bond donors (Lipinski definition) is 1. The van der Waals surface area contributed by atoms with Crippen molar-refractivity contribution >= 4 is 34.7 Å². The number of anilines is 1. The normalized spacial score (nSPS) is 17.6. The highest BCUT2D eigenvalue weighted by molar-refractivity contribution is 6.84. The van der Waals surface area contributed by atoms with E-state index < -0.39 is 23.2 Å². The zero-order valence-corrected chi connectivity index (χ0v) is 40.8. The fourth-order valence-corrected chi connectivity index (χ4v) is 20.7. The van der Waals surface area contributed by atoms with E-state index in [2.05, 4.69) is 79.1 Å². The number of rotatable bonds is 16. The van der Waals surface area contributed by atoms with E-state index in [1.807, 2.05) is 91.0 Å². The first-order valence-corrected chi connectivity index (χ1v) is 26.7. The SMILES string of the molecule is CC(C)c1c(C(=O)Nc2ccccc2)c(-c2ccccc2)c(-c2ccc(F)cc2)n1CCC1CC(CC(=O)OCc2ccccc2)O[Si](C(C)C)(C(C)C)O[Si](C(C)C)(C(C)C)O1. The second-order valence-corrected chi connectivity index (χ2v) is 27.3. The fraction of sp³-hybridized carbons (Fsp3) is 0.423. The van der Waals surface area contributed by atoms with Crippen LogP contribution in [0.15, 0.2) is 115 Å². The number of halogens is 1. The number of ether oxygens (including phenoxy) is 1. The Labute approximate surface area is 377 Å². The number of esters is 1. The van der Waals surface area contributed by atoms with Gasteiger partial charge in [0.15, 0.2) is 0 Å². The lowest BCUT2D eigenvalue weighted by Gasteiger charge is -2.52. The van der Waals surface area contributed by atoms with E-state index in [0.717, 1.165) is 33.6 Å². The van der Waals surface area contributed by atoms with Crippen molar-refractivity contribution in [2.45, 2.75) is 142 Å². The summed E-state index contributed by atoms with van der Waals surface area (Å²) in [4.78, 5) is 28.5. The Bertz CT molecular complexity index is 2250. The molecule has 6 rings (SSSR count). The van der Waals surface area contributed by atoms with E-state index in [4.69, 9.17) is 17.7 Å². The van der Waals surface area contributed by atoms with Crippen LogP contribution in [0, 0.1) is 5.82 Å². The Morgan fingerprint density at radius 3 is 1.76 bits per heavy atom. The minimum absolute atomic E-state index is 0.0612. The lowest BCUT2D eigenvalue weighted by Crippen LogP contribution is -2.64. The molecule has 1 aromatic heterocycles. The first-order chi connectivity index (χ1) is 30.1. The lowest BCUT2D eigenvalue weighted by atomic mass is 9.94. The zero-order valence-electron chi connectivity index (χ0n) is 38.8. The largest absolute Gasteiger partial charge is 0.461 e. The molecule has 4 aromatic carbocycles. The van der Waals surface area contributed by atoms with Gasteiger partial charge in [-0.1, -0.05) is 148 Å². The van der Waals surface area contributed by atoms with Gasteiger partial charge in [0.1, 0.15) is 12.4 Å². The maximum Gasteiger partial charge on any atom is 0.334 e. The number of benzene rings is 4. The number of amides is 1. The van der Waals surface area contributed by atoms with Gasteiger partial charge < -0.3 is 27.6 Å². The number of carbonyl (C=O) groups excluding carboxylic acids is 2. The van der Waals surface area contributed by atoms with Gasteiger partial charge in [-0.2, -0.15) is 0 Å². The van der Waals surface area contributed by atoms with Crippen molar-refractivity contribution in [1.29, 1.82) is 0 Å². The van der Waals surface area contributed by atoms with E-state index in [0.29, 0.717) is 30.6 Å². The van der Waals surface area contributed by atoms with Crippen LogP contribution in [0.3, 0.4) is 0 Å². The van der Waals surface area contributed by atoms with Crippen LogP contribution in [0.4, 0.5) is 10.1 Å². The quantitative estimate of drug-likeness (QED) is 0.0784. The molecule has 2 unspecified atom stereocenters. The van der Waals surface area contributed by atoms with Crippen LogP contribution in [0.25, 0.3) is 22.4 Å². The zero-order chi connectivity index (χ0) is 45.5.